The summed E-state index contributed by atoms with van der Waals surface area (Å²) in [7, 11) is 0. The van der Waals surface area contributed by atoms with Gasteiger partial charge in [0.05, 0.1) is 4.88 Å². The van der Waals surface area contributed by atoms with E-state index < -0.39 is 0 Å². The molecule has 0 saturated carbocycles. The van der Waals surface area contributed by atoms with Crippen LogP contribution in [0, 0.1) is 0 Å². The number of rotatable bonds is 1. The van der Waals surface area contributed by atoms with E-state index in [0.717, 1.165) is 30.9 Å². The minimum absolute atomic E-state index is 0.0300. The van der Waals surface area contributed by atoms with Gasteiger partial charge in [0.15, 0.2) is 0 Å². The summed E-state index contributed by atoms with van der Waals surface area (Å²) in [5, 5.41) is 3.46. The molecule has 0 bridgehead atoms. The van der Waals surface area contributed by atoms with Crippen molar-refractivity contribution in [3.05, 3.63) is 21.4 Å². The van der Waals surface area contributed by atoms with Gasteiger partial charge in [-0.15, -0.1) is 11.3 Å². The van der Waals surface area contributed by atoms with Gasteiger partial charge in [-0.2, -0.15) is 0 Å². The summed E-state index contributed by atoms with van der Waals surface area (Å²) >= 11 is 1.74. The molecule has 1 fully saturated rings. The molecule has 1 N–H and O–H groups in total. The van der Waals surface area contributed by atoms with E-state index in [1.54, 1.807) is 11.3 Å². The Balaban J connectivity index is 1.77. The number of amides is 1. The molecule has 1 saturated heterocycles. The maximum atomic E-state index is 12.7. The fourth-order valence-corrected chi connectivity index (χ4v) is 4.46. The van der Waals surface area contributed by atoms with Gasteiger partial charge in [0.1, 0.15) is 0 Å². The summed E-state index contributed by atoms with van der Waals surface area (Å²) in [6.45, 7) is 6.84. The van der Waals surface area contributed by atoms with E-state index in [2.05, 4.69) is 25.2 Å². The molecule has 2 heterocycles. The van der Waals surface area contributed by atoms with Crippen molar-refractivity contribution in [2.75, 3.05) is 19.6 Å². The average molecular weight is 292 g/mol. The Labute approximate surface area is 125 Å². The Morgan fingerprint density at radius 2 is 2.10 bits per heavy atom. The van der Waals surface area contributed by atoms with E-state index in [0.29, 0.717) is 0 Å². The quantitative estimate of drug-likeness (QED) is 0.807. The molecular formula is C16H24N2OS. The minimum Gasteiger partial charge on any atom is -0.335 e. The smallest absolute Gasteiger partial charge is 0.264 e. The van der Waals surface area contributed by atoms with Gasteiger partial charge in [0, 0.05) is 30.1 Å². The summed E-state index contributed by atoms with van der Waals surface area (Å²) in [4.78, 5) is 17.1. The van der Waals surface area contributed by atoms with E-state index >= 15 is 0 Å². The topological polar surface area (TPSA) is 32.3 Å². The highest BCUT2D eigenvalue weighted by Crippen LogP contribution is 2.30. The van der Waals surface area contributed by atoms with Crippen LogP contribution < -0.4 is 5.32 Å². The molecule has 3 nitrogen and oxygen atoms in total. The van der Waals surface area contributed by atoms with Crippen molar-refractivity contribution in [2.24, 2.45) is 0 Å². The van der Waals surface area contributed by atoms with Crippen LogP contribution in [0.4, 0.5) is 0 Å². The maximum Gasteiger partial charge on any atom is 0.264 e. The summed E-state index contributed by atoms with van der Waals surface area (Å²) < 4.78 is 0. The van der Waals surface area contributed by atoms with Crippen LogP contribution in [-0.2, 0) is 12.8 Å². The second-order valence-corrected chi connectivity index (χ2v) is 7.79. The zero-order valence-electron chi connectivity index (χ0n) is 12.5. The number of piperazine rings is 1. The van der Waals surface area contributed by atoms with Crippen molar-refractivity contribution in [1.29, 1.82) is 0 Å². The normalized spacial score (nSPS) is 22.2. The van der Waals surface area contributed by atoms with Crippen molar-refractivity contribution >= 4 is 17.2 Å². The number of hydrogen-bond donors (Lipinski definition) is 1. The van der Waals surface area contributed by atoms with Crippen LogP contribution in [0.5, 0.6) is 0 Å². The minimum atomic E-state index is 0.0300. The van der Waals surface area contributed by atoms with Crippen molar-refractivity contribution < 1.29 is 4.79 Å². The first kappa shape index (κ1) is 14.1. The second kappa shape index (κ2) is 5.49. The van der Waals surface area contributed by atoms with Crippen LogP contribution in [-0.4, -0.2) is 36.0 Å². The summed E-state index contributed by atoms with van der Waals surface area (Å²) in [6.07, 6.45) is 6.21. The molecule has 20 heavy (non-hydrogen) atoms. The zero-order chi connectivity index (χ0) is 14.2. The third kappa shape index (κ3) is 2.91. The van der Waals surface area contributed by atoms with Crippen LogP contribution >= 0.6 is 11.3 Å². The molecule has 4 heteroatoms. The number of fused-ring (bicyclic) bond motifs is 1. The van der Waals surface area contributed by atoms with Gasteiger partial charge in [-0.25, -0.2) is 0 Å². The number of hydrogen-bond acceptors (Lipinski definition) is 3. The Hall–Kier alpha value is -0.870. The number of nitrogens with one attached hydrogen (secondary N) is 1. The second-order valence-electron chi connectivity index (χ2n) is 6.66. The SMILES string of the molecule is CC1(C)CN(C(=O)c2cc3c(s2)CCCCC3)CCN1. The molecule has 0 unspecified atom stereocenters. The van der Waals surface area contributed by atoms with Gasteiger partial charge < -0.3 is 10.2 Å². The van der Waals surface area contributed by atoms with Crippen LogP contribution in [0.25, 0.3) is 0 Å². The first-order valence-electron chi connectivity index (χ1n) is 7.71. The number of carbonyl (C=O) groups excluding carboxylic acids is 1. The lowest BCUT2D eigenvalue weighted by molar-refractivity contribution is 0.0657. The van der Waals surface area contributed by atoms with Crippen LogP contribution in [0.1, 0.15) is 53.2 Å². The highest BCUT2D eigenvalue weighted by molar-refractivity contribution is 7.14. The van der Waals surface area contributed by atoms with E-state index in [-0.39, 0.29) is 11.4 Å². The van der Waals surface area contributed by atoms with Gasteiger partial charge in [0.2, 0.25) is 0 Å². The molecule has 3 rings (SSSR count). The van der Waals surface area contributed by atoms with E-state index in [9.17, 15) is 4.79 Å². The van der Waals surface area contributed by atoms with Gasteiger partial charge in [-0.3, -0.25) is 4.79 Å². The number of thiophene rings is 1. The average Bonchev–Trinajstić information content (AvgIpc) is 2.68. The molecule has 110 valence electrons. The van der Waals surface area contributed by atoms with E-state index in [4.69, 9.17) is 0 Å². The molecule has 1 aromatic rings. The fraction of sp³-hybridized carbons (Fsp3) is 0.688. The third-order valence-electron chi connectivity index (χ3n) is 4.32. The lowest BCUT2D eigenvalue weighted by atomic mass is 10.0. The van der Waals surface area contributed by atoms with Crippen molar-refractivity contribution in [3.8, 4) is 0 Å². The molecule has 1 amide bonds. The number of aryl methyl sites for hydroxylation is 2. The van der Waals surface area contributed by atoms with Gasteiger partial charge >= 0.3 is 0 Å². The summed E-state index contributed by atoms with van der Waals surface area (Å²) in [5.74, 6) is 0.234. The van der Waals surface area contributed by atoms with Crippen molar-refractivity contribution in [1.82, 2.24) is 10.2 Å². The van der Waals surface area contributed by atoms with Crippen LogP contribution in [0.15, 0.2) is 6.07 Å². The lowest BCUT2D eigenvalue weighted by Crippen LogP contribution is -2.58. The molecule has 1 aromatic heterocycles. The fourth-order valence-electron chi connectivity index (χ4n) is 3.24. The van der Waals surface area contributed by atoms with E-state index in [1.807, 2.05) is 4.90 Å². The molecule has 0 atom stereocenters. The summed E-state index contributed by atoms with van der Waals surface area (Å²) in [6, 6.07) is 2.17. The largest absolute Gasteiger partial charge is 0.335 e. The molecule has 0 radical (unpaired) electrons. The maximum absolute atomic E-state index is 12.7. The molecule has 1 aliphatic heterocycles. The Morgan fingerprint density at radius 1 is 1.30 bits per heavy atom. The Morgan fingerprint density at radius 3 is 2.90 bits per heavy atom. The molecule has 0 aromatic carbocycles. The summed E-state index contributed by atoms with van der Waals surface area (Å²) in [5.41, 5.74) is 1.47. The van der Waals surface area contributed by atoms with Gasteiger partial charge in [-0.05, 0) is 51.2 Å². The highest BCUT2D eigenvalue weighted by Gasteiger charge is 2.30. The molecule has 1 aliphatic carbocycles. The third-order valence-corrected chi connectivity index (χ3v) is 5.54. The first-order valence-corrected chi connectivity index (χ1v) is 8.53. The number of nitrogens with zero attached hydrogens (tertiary/aromatic N) is 1. The van der Waals surface area contributed by atoms with Crippen molar-refractivity contribution in [3.63, 3.8) is 0 Å². The van der Waals surface area contributed by atoms with Gasteiger partial charge in [0.25, 0.3) is 5.91 Å². The standard InChI is InChI=1S/C16H24N2OS/c1-16(2)11-18(9-8-17-16)15(19)14-10-12-6-4-3-5-7-13(12)20-14/h10,17H,3-9,11H2,1-2H3. The van der Waals surface area contributed by atoms with Gasteiger partial charge in [-0.1, -0.05) is 6.42 Å². The Bertz CT molecular complexity index is 483. The van der Waals surface area contributed by atoms with E-state index in [1.165, 1.54) is 36.1 Å². The predicted octanol–water partition coefficient (Wildman–Crippen LogP) is 2.84. The zero-order valence-corrected chi connectivity index (χ0v) is 13.3. The predicted molar refractivity (Wildman–Crippen MR) is 83.6 cm³/mol. The van der Waals surface area contributed by atoms with Crippen LogP contribution in [0.3, 0.4) is 0 Å². The molecular weight excluding hydrogens is 268 g/mol. The molecule has 2 aliphatic rings. The number of carbonyl (C=O) groups is 1. The monoisotopic (exact) mass is 292 g/mol. The van der Waals surface area contributed by atoms with Crippen molar-refractivity contribution in [2.45, 2.75) is 51.5 Å². The van der Waals surface area contributed by atoms with Crippen LogP contribution in [0.2, 0.25) is 0 Å². The first-order chi connectivity index (χ1) is 9.55. The highest BCUT2D eigenvalue weighted by atomic mass is 32.1. The molecule has 0 spiro atoms. The lowest BCUT2D eigenvalue weighted by Gasteiger charge is -2.38. The Kier molecular flexibility index (Phi) is 3.87.